The highest BCUT2D eigenvalue weighted by Gasteiger charge is 2.46. The Bertz CT molecular complexity index is 691. The van der Waals surface area contributed by atoms with E-state index in [9.17, 15) is 9.59 Å². The van der Waals surface area contributed by atoms with Crippen molar-refractivity contribution in [3.8, 4) is 0 Å². The molecule has 2 N–H and O–H groups in total. The van der Waals surface area contributed by atoms with E-state index < -0.39 is 0 Å². The predicted molar refractivity (Wildman–Crippen MR) is 108 cm³/mol. The lowest BCUT2D eigenvalue weighted by Gasteiger charge is -2.40. The Balaban J connectivity index is 1.72. The van der Waals surface area contributed by atoms with Crippen molar-refractivity contribution >= 4 is 11.9 Å². The highest BCUT2D eigenvalue weighted by atomic mass is 16.2. The molecule has 1 aromatic carbocycles. The second-order valence-corrected chi connectivity index (χ2v) is 8.79. The molecule has 0 aromatic heterocycles. The number of piperidine rings is 1. The van der Waals surface area contributed by atoms with Gasteiger partial charge < -0.3 is 15.5 Å². The molecular weight excluding hydrogens is 338 g/mol. The lowest BCUT2D eigenvalue weighted by Crippen LogP contribution is -2.49. The van der Waals surface area contributed by atoms with Crippen molar-refractivity contribution in [2.45, 2.75) is 76.8 Å². The van der Waals surface area contributed by atoms with Crippen molar-refractivity contribution in [3.63, 3.8) is 0 Å². The van der Waals surface area contributed by atoms with Crippen LogP contribution in [0.15, 0.2) is 24.3 Å². The molecule has 5 nitrogen and oxygen atoms in total. The molecule has 3 amide bonds. The van der Waals surface area contributed by atoms with E-state index in [1.54, 1.807) is 0 Å². The largest absolute Gasteiger partial charge is 0.354 e. The minimum Gasteiger partial charge on any atom is -0.354 e. The third-order valence-corrected chi connectivity index (χ3v) is 5.91. The van der Waals surface area contributed by atoms with Crippen LogP contribution in [-0.2, 0) is 10.2 Å². The van der Waals surface area contributed by atoms with Gasteiger partial charge in [0, 0.05) is 31.6 Å². The van der Waals surface area contributed by atoms with E-state index in [1.165, 1.54) is 11.1 Å². The van der Waals surface area contributed by atoms with Gasteiger partial charge in [-0.05, 0) is 69.4 Å². The topological polar surface area (TPSA) is 61.4 Å². The maximum atomic E-state index is 12.4. The van der Waals surface area contributed by atoms with E-state index in [4.69, 9.17) is 0 Å². The predicted octanol–water partition coefficient (Wildman–Crippen LogP) is 3.54. The average Bonchev–Trinajstić information content (AvgIpc) is 2.88. The minimum atomic E-state index is 0.0407. The van der Waals surface area contributed by atoms with Crippen LogP contribution in [0.25, 0.3) is 0 Å². The van der Waals surface area contributed by atoms with Gasteiger partial charge in [0.15, 0.2) is 0 Å². The van der Waals surface area contributed by atoms with Crippen LogP contribution in [0.3, 0.4) is 0 Å². The molecule has 148 valence electrons. The van der Waals surface area contributed by atoms with Crippen LogP contribution in [0.4, 0.5) is 4.79 Å². The third kappa shape index (κ3) is 4.28. The molecule has 1 heterocycles. The maximum Gasteiger partial charge on any atom is 0.317 e. The van der Waals surface area contributed by atoms with Crippen molar-refractivity contribution in [2.75, 3.05) is 13.1 Å². The SMILES string of the molecule is CC(C)NC(=O)CC1CC2(CCN(C(=O)NC(C)C)CC2)c2ccccc21. The number of benzene rings is 1. The molecule has 1 aromatic rings. The molecule has 27 heavy (non-hydrogen) atoms. The second kappa shape index (κ2) is 7.91. The summed E-state index contributed by atoms with van der Waals surface area (Å²) in [6.07, 6.45) is 3.50. The molecular formula is C22H33N3O2. The molecule has 5 heteroatoms. The number of nitrogens with zero attached hydrogens (tertiary/aromatic N) is 1. The average molecular weight is 372 g/mol. The summed E-state index contributed by atoms with van der Waals surface area (Å²) >= 11 is 0. The van der Waals surface area contributed by atoms with E-state index in [-0.39, 0.29) is 35.4 Å². The number of carbonyl (C=O) groups excluding carboxylic acids is 2. The van der Waals surface area contributed by atoms with Gasteiger partial charge in [-0.1, -0.05) is 24.3 Å². The summed E-state index contributed by atoms with van der Waals surface area (Å²) in [4.78, 5) is 26.6. The fourth-order valence-electron chi connectivity index (χ4n) is 4.76. The van der Waals surface area contributed by atoms with Crippen LogP contribution in [0.1, 0.15) is 70.4 Å². The summed E-state index contributed by atoms with van der Waals surface area (Å²) in [5.41, 5.74) is 2.83. The summed E-state index contributed by atoms with van der Waals surface area (Å²) in [5.74, 6) is 0.409. The molecule has 1 aliphatic carbocycles. The third-order valence-electron chi connectivity index (χ3n) is 5.91. The Morgan fingerprint density at radius 1 is 1.07 bits per heavy atom. The Hall–Kier alpha value is -2.04. The first-order valence-electron chi connectivity index (χ1n) is 10.2. The van der Waals surface area contributed by atoms with Gasteiger partial charge in [0.05, 0.1) is 0 Å². The molecule has 0 bridgehead atoms. The molecule has 3 rings (SSSR count). The molecule has 0 radical (unpaired) electrons. The number of nitrogens with one attached hydrogen (secondary N) is 2. The number of likely N-dealkylation sites (tertiary alicyclic amines) is 1. The van der Waals surface area contributed by atoms with Gasteiger partial charge in [0.25, 0.3) is 0 Å². The molecule has 1 atom stereocenters. The Labute approximate surface area is 162 Å². The fraction of sp³-hybridized carbons (Fsp3) is 0.636. The van der Waals surface area contributed by atoms with Gasteiger partial charge >= 0.3 is 6.03 Å². The normalized spacial score (nSPS) is 20.8. The highest BCUT2D eigenvalue weighted by molar-refractivity contribution is 5.77. The van der Waals surface area contributed by atoms with Gasteiger partial charge in [0.1, 0.15) is 0 Å². The summed E-state index contributed by atoms with van der Waals surface area (Å²) < 4.78 is 0. The minimum absolute atomic E-state index is 0.0407. The zero-order chi connectivity index (χ0) is 19.6. The number of hydrogen-bond acceptors (Lipinski definition) is 2. The number of amides is 3. The van der Waals surface area contributed by atoms with Gasteiger partial charge in [-0.15, -0.1) is 0 Å². The number of rotatable bonds is 4. The van der Waals surface area contributed by atoms with E-state index in [1.807, 2.05) is 32.6 Å². The first-order valence-corrected chi connectivity index (χ1v) is 10.2. The maximum absolute atomic E-state index is 12.4. The smallest absolute Gasteiger partial charge is 0.317 e. The molecule has 1 fully saturated rings. The zero-order valence-corrected chi connectivity index (χ0v) is 17.0. The van der Waals surface area contributed by atoms with E-state index in [0.29, 0.717) is 6.42 Å². The monoisotopic (exact) mass is 371 g/mol. The van der Waals surface area contributed by atoms with Gasteiger partial charge in [-0.25, -0.2) is 4.79 Å². The number of urea groups is 1. The van der Waals surface area contributed by atoms with Crippen LogP contribution in [0, 0.1) is 0 Å². The van der Waals surface area contributed by atoms with Crippen LogP contribution in [0.5, 0.6) is 0 Å². The lowest BCUT2D eigenvalue weighted by atomic mass is 9.73. The van der Waals surface area contributed by atoms with Crippen LogP contribution in [-0.4, -0.2) is 42.0 Å². The first-order chi connectivity index (χ1) is 12.8. The van der Waals surface area contributed by atoms with E-state index >= 15 is 0 Å². The van der Waals surface area contributed by atoms with E-state index in [0.717, 1.165) is 32.4 Å². The van der Waals surface area contributed by atoms with E-state index in [2.05, 4.69) is 34.9 Å². The Morgan fingerprint density at radius 2 is 1.70 bits per heavy atom. The van der Waals surface area contributed by atoms with Crippen LogP contribution in [0.2, 0.25) is 0 Å². The van der Waals surface area contributed by atoms with Crippen molar-refractivity contribution in [2.24, 2.45) is 0 Å². The summed E-state index contributed by atoms with van der Waals surface area (Å²) in [6.45, 7) is 9.53. The first kappa shape index (κ1) is 19.7. The molecule has 1 unspecified atom stereocenters. The molecule has 2 aliphatic rings. The number of fused-ring (bicyclic) bond motifs is 2. The van der Waals surface area contributed by atoms with Gasteiger partial charge in [-0.2, -0.15) is 0 Å². The van der Waals surface area contributed by atoms with Crippen molar-refractivity contribution in [3.05, 3.63) is 35.4 Å². The summed E-state index contributed by atoms with van der Waals surface area (Å²) in [6, 6.07) is 8.98. The number of hydrogen-bond donors (Lipinski definition) is 2. The van der Waals surface area contributed by atoms with Crippen LogP contribution >= 0.6 is 0 Å². The van der Waals surface area contributed by atoms with Crippen molar-refractivity contribution in [1.82, 2.24) is 15.5 Å². The quantitative estimate of drug-likeness (QED) is 0.850. The molecule has 0 saturated carbocycles. The molecule has 1 aliphatic heterocycles. The molecule has 1 spiro atoms. The van der Waals surface area contributed by atoms with Gasteiger partial charge in [-0.3, -0.25) is 4.79 Å². The van der Waals surface area contributed by atoms with Crippen molar-refractivity contribution < 1.29 is 9.59 Å². The van der Waals surface area contributed by atoms with Gasteiger partial charge in [0.2, 0.25) is 5.91 Å². The van der Waals surface area contributed by atoms with Crippen molar-refractivity contribution in [1.29, 1.82) is 0 Å². The summed E-state index contributed by atoms with van der Waals surface area (Å²) in [7, 11) is 0. The fourth-order valence-corrected chi connectivity index (χ4v) is 4.76. The lowest BCUT2D eigenvalue weighted by molar-refractivity contribution is -0.122. The Morgan fingerprint density at radius 3 is 2.33 bits per heavy atom. The Kier molecular flexibility index (Phi) is 5.78. The zero-order valence-electron chi connectivity index (χ0n) is 17.0. The summed E-state index contributed by atoms with van der Waals surface area (Å²) in [5, 5.41) is 6.03. The van der Waals surface area contributed by atoms with Crippen LogP contribution < -0.4 is 10.6 Å². The molecule has 1 saturated heterocycles. The highest BCUT2D eigenvalue weighted by Crippen LogP contribution is 2.52. The standard InChI is InChI=1S/C22H33N3O2/c1-15(2)23-20(26)13-17-14-22(19-8-6-5-7-18(17)19)9-11-25(12-10-22)21(27)24-16(3)4/h5-8,15-17H,9-14H2,1-4H3,(H,23,26)(H,24,27). The second-order valence-electron chi connectivity index (χ2n) is 8.79. The number of carbonyl (C=O) groups is 2.